The van der Waals surface area contributed by atoms with E-state index in [4.69, 9.17) is 9.97 Å². The molecule has 1 fully saturated rings. The van der Waals surface area contributed by atoms with Crippen LogP contribution in [-0.2, 0) is 0 Å². The van der Waals surface area contributed by atoms with Crippen molar-refractivity contribution in [2.45, 2.75) is 12.8 Å². The van der Waals surface area contributed by atoms with Gasteiger partial charge in [0, 0.05) is 70.2 Å². The summed E-state index contributed by atoms with van der Waals surface area (Å²) in [5.74, 6) is 2.04. The van der Waals surface area contributed by atoms with Crippen molar-refractivity contribution in [3.8, 4) is 0 Å². The van der Waals surface area contributed by atoms with E-state index in [9.17, 15) is 0 Å². The van der Waals surface area contributed by atoms with Crippen LogP contribution in [0.2, 0.25) is 0 Å². The van der Waals surface area contributed by atoms with Crippen LogP contribution in [-0.4, -0.2) is 72.1 Å². The van der Waals surface area contributed by atoms with E-state index in [-0.39, 0.29) is 49.6 Å². The van der Waals surface area contributed by atoms with Gasteiger partial charge in [-0.15, -0.1) is 72.3 Å². The van der Waals surface area contributed by atoms with Crippen LogP contribution in [0.3, 0.4) is 0 Å². The number of rotatable bonds is 10. The van der Waals surface area contributed by atoms with Gasteiger partial charge in [0.2, 0.25) is 0 Å². The van der Waals surface area contributed by atoms with Gasteiger partial charge < -0.3 is 20.4 Å². The molecule has 1 saturated heterocycles. The van der Waals surface area contributed by atoms with Gasteiger partial charge in [-0.05, 0) is 61.0 Å². The Morgan fingerprint density at radius 1 is 0.545 bits per heavy atom. The zero-order valence-corrected chi connectivity index (χ0v) is 29.1. The predicted molar refractivity (Wildman–Crippen MR) is 202 cm³/mol. The first-order valence-electron chi connectivity index (χ1n) is 14.3. The average molecular weight is 713 g/mol. The van der Waals surface area contributed by atoms with Crippen LogP contribution in [0.25, 0.3) is 42.0 Å². The van der Waals surface area contributed by atoms with Crippen LogP contribution in [0, 0.1) is 0 Å². The fourth-order valence-electron chi connectivity index (χ4n) is 5.82. The van der Waals surface area contributed by atoms with Crippen molar-refractivity contribution >= 4 is 126 Å². The molecule has 6 aromatic rings. The number of nitrogens with one attached hydrogen (secondary N) is 2. The molecule has 1 aliphatic rings. The molecule has 0 radical (unpaired) electrons. The molecule has 0 saturated carbocycles. The third kappa shape index (κ3) is 7.80. The van der Waals surface area contributed by atoms with Gasteiger partial charge in [-0.1, -0.05) is 36.4 Å². The zero-order valence-electron chi connectivity index (χ0n) is 24.2. The number of fused-ring (bicyclic) bond motifs is 6. The molecule has 2 N–H and O–H groups in total. The molecule has 0 aliphatic carbocycles. The molecule has 0 atom stereocenters. The lowest BCUT2D eigenvalue weighted by molar-refractivity contribution is 0.132. The number of benzene rings is 2. The van der Waals surface area contributed by atoms with Gasteiger partial charge in [0.05, 0.1) is 11.0 Å². The van der Waals surface area contributed by atoms with Gasteiger partial charge >= 0.3 is 0 Å². The van der Waals surface area contributed by atoms with Crippen molar-refractivity contribution in [2.24, 2.45) is 0 Å². The minimum absolute atomic E-state index is 0. The second kappa shape index (κ2) is 17.0. The first-order chi connectivity index (χ1) is 19.8. The molecule has 2 aromatic carbocycles. The smallest absolute Gasteiger partial charge is 0.135 e. The summed E-state index contributed by atoms with van der Waals surface area (Å²) in [4.78, 5) is 15.0. The van der Waals surface area contributed by atoms with E-state index in [2.05, 4.69) is 91.9 Å². The third-order valence-corrected chi connectivity index (χ3v) is 9.85. The maximum atomic E-state index is 4.92. The lowest BCUT2D eigenvalue weighted by Gasteiger charge is -2.34. The monoisotopic (exact) mass is 710 g/mol. The standard InChI is InChI=1S/C32H34N6S2.4ClH/c1-3-9-27-23(7-1)29-25(11-21-39-29)31(35-27)33-13-5-15-37-17-19-38(20-18-37)16-6-14-34-32-26-12-22-40-30(26)24-8-2-4-10-28(24)36-32;;;;/h1-4,7-12,21-22H,5-6,13-20H2,(H,33,35)(H,34,36);4*1H. The van der Waals surface area contributed by atoms with Crippen LogP contribution in [0.1, 0.15) is 12.8 Å². The van der Waals surface area contributed by atoms with E-state index in [1.165, 1.54) is 30.9 Å². The van der Waals surface area contributed by atoms with Crippen LogP contribution >= 0.6 is 72.3 Å². The summed E-state index contributed by atoms with van der Waals surface area (Å²) in [7, 11) is 0. The van der Waals surface area contributed by atoms with Gasteiger partial charge in [-0.2, -0.15) is 0 Å². The Kier molecular flexibility index (Phi) is 14.0. The van der Waals surface area contributed by atoms with Crippen molar-refractivity contribution in [1.82, 2.24) is 19.8 Å². The number of hydrogen-bond donors (Lipinski definition) is 2. The molecule has 1 aliphatic heterocycles. The zero-order chi connectivity index (χ0) is 26.7. The first-order valence-corrected chi connectivity index (χ1v) is 16.0. The van der Waals surface area contributed by atoms with E-state index >= 15 is 0 Å². The van der Waals surface area contributed by atoms with E-state index in [1.807, 2.05) is 0 Å². The highest BCUT2D eigenvalue weighted by Crippen LogP contribution is 2.34. The number of hydrogen-bond acceptors (Lipinski definition) is 8. The molecule has 0 bridgehead atoms. The maximum Gasteiger partial charge on any atom is 0.135 e. The largest absolute Gasteiger partial charge is 0.369 e. The number of aromatic nitrogens is 2. The number of halogens is 4. The highest BCUT2D eigenvalue weighted by molar-refractivity contribution is 7.18. The molecule has 4 aromatic heterocycles. The molecule has 0 amide bonds. The minimum Gasteiger partial charge on any atom is -0.369 e. The molecule has 0 unspecified atom stereocenters. The second-order valence-corrected chi connectivity index (χ2v) is 12.4. The van der Waals surface area contributed by atoms with E-state index in [0.29, 0.717) is 0 Å². The summed E-state index contributed by atoms with van der Waals surface area (Å²) in [5.41, 5.74) is 2.14. The summed E-state index contributed by atoms with van der Waals surface area (Å²) >= 11 is 3.60. The second-order valence-electron chi connectivity index (χ2n) is 10.5. The van der Waals surface area contributed by atoms with Crippen LogP contribution < -0.4 is 10.6 Å². The Morgan fingerprint density at radius 3 is 1.39 bits per heavy atom. The molecule has 44 heavy (non-hydrogen) atoms. The quantitative estimate of drug-likeness (QED) is 0.139. The fraction of sp³-hybridized carbons (Fsp3) is 0.312. The Labute approximate surface area is 291 Å². The Hall–Kier alpha value is -2.14. The number of para-hydroxylation sites is 2. The van der Waals surface area contributed by atoms with E-state index in [0.717, 1.165) is 87.9 Å². The lowest BCUT2D eigenvalue weighted by Crippen LogP contribution is -2.47. The van der Waals surface area contributed by atoms with Crippen molar-refractivity contribution in [3.63, 3.8) is 0 Å². The normalized spacial score (nSPS) is 13.6. The molecule has 5 heterocycles. The number of pyridine rings is 2. The minimum atomic E-state index is 0. The summed E-state index contributed by atoms with van der Waals surface area (Å²) < 4.78 is 2.65. The Balaban J connectivity index is 0.00000132. The van der Waals surface area contributed by atoms with Crippen LogP contribution in [0.5, 0.6) is 0 Å². The lowest BCUT2D eigenvalue weighted by atomic mass is 10.2. The number of anilines is 2. The average Bonchev–Trinajstić information content (AvgIpc) is 3.69. The van der Waals surface area contributed by atoms with Crippen LogP contribution in [0.4, 0.5) is 11.6 Å². The predicted octanol–water partition coefficient (Wildman–Crippen LogP) is 8.82. The number of nitrogens with zero attached hydrogens (tertiary/aromatic N) is 4. The van der Waals surface area contributed by atoms with Crippen molar-refractivity contribution in [1.29, 1.82) is 0 Å². The van der Waals surface area contributed by atoms with E-state index < -0.39 is 0 Å². The fourth-order valence-corrected chi connectivity index (χ4v) is 7.68. The van der Waals surface area contributed by atoms with Gasteiger partial charge in [0.25, 0.3) is 0 Å². The molecular weight excluding hydrogens is 674 g/mol. The van der Waals surface area contributed by atoms with Gasteiger partial charge in [0.1, 0.15) is 11.6 Å². The topological polar surface area (TPSA) is 56.3 Å². The SMILES string of the molecule is Cl.Cl.Cl.Cl.c1ccc2c(c1)nc(NCCCN1CCN(CCCNc3nc4ccccc4c4sccc34)CC1)c1ccsc12. The highest BCUT2D eigenvalue weighted by atomic mass is 35.5. The highest BCUT2D eigenvalue weighted by Gasteiger charge is 2.16. The number of thiophene rings is 2. The summed E-state index contributed by atoms with van der Waals surface area (Å²) in [5, 5.41) is 16.6. The Morgan fingerprint density at radius 2 is 0.955 bits per heavy atom. The summed E-state index contributed by atoms with van der Waals surface area (Å²) in [6.07, 6.45) is 2.25. The van der Waals surface area contributed by atoms with Crippen LogP contribution in [0.15, 0.2) is 71.4 Å². The summed E-state index contributed by atoms with van der Waals surface area (Å²) in [6.45, 7) is 8.76. The maximum absolute atomic E-state index is 4.92. The van der Waals surface area contributed by atoms with E-state index in [1.54, 1.807) is 22.7 Å². The first kappa shape index (κ1) is 36.3. The molecule has 6 nitrogen and oxygen atoms in total. The molecule has 236 valence electrons. The Bertz CT molecular complexity index is 1640. The summed E-state index contributed by atoms with van der Waals surface area (Å²) in [6, 6.07) is 21.3. The van der Waals surface area contributed by atoms with Gasteiger partial charge in [-0.25, -0.2) is 9.97 Å². The van der Waals surface area contributed by atoms with Gasteiger partial charge in [0.15, 0.2) is 0 Å². The van der Waals surface area contributed by atoms with Crippen molar-refractivity contribution < 1.29 is 0 Å². The van der Waals surface area contributed by atoms with Gasteiger partial charge in [-0.3, -0.25) is 0 Å². The number of piperazine rings is 1. The molecule has 7 rings (SSSR count). The van der Waals surface area contributed by atoms with Crippen molar-refractivity contribution in [2.75, 3.05) is 63.0 Å². The molecule has 12 heteroatoms. The molecule has 0 spiro atoms. The third-order valence-electron chi connectivity index (χ3n) is 7.95. The molecular formula is C32H38Cl4N6S2. The van der Waals surface area contributed by atoms with Crippen molar-refractivity contribution in [3.05, 3.63) is 71.4 Å².